The highest BCUT2D eigenvalue weighted by molar-refractivity contribution is 6.03. The van der Waals surface area contributed by atoms with Crippen molar-refractivity contribution in [2.45, 2.75) is 26.8 Å². The summed E-state index contributed by atoms with van der Waals surface area (Å²) in [5.74, 6) is -1.58. The minimum absolute atomic E-state index is 0.0378. The van der Waals surface area contributed by atoms with Crippen LogP contribution in [0.15, 0.2) is 35.1 Å². The van der Waals surface area contributed by atoms with Crippen LogP contribution in [-0.4, -0.2) is 21.6 Å². The summed E-state index contributed by atoms with van der Waals surface area (Å²) in [4.78, 5) is 34.9. The molecule has 2 aromatic rings. The number of aromatic nitrogens is 2. The molecule has 8 heteroatoms. The smallest absolute Gasteiger partial charge is 0.276 e. The molecule has 0 aliphatic heterocycles. The number of hydrogen-bond donors (Lipinski definition) is 2. The first kappa shape index (κ1) is 17.3. The van der Waals surface area contributed by atoms with Crippen molar-refractivity contribution in [3.05, 3.63) is 52.2 Å². The molecule has 1 aromatic carbocycles. The summed E-state index contributed by atoms with van der Waals surface area (Å²) in [5.41, 5.74) is 0.0287. The Morgan fingerprint density at radius 1 is 1.21 bits per heavy atom. The quantitative estimate of drug-likeness (QED) is 0.876. The van der Waals surface area contributed by atoms with Gasteiger partial charge in [-0.05, 0) is 30.7 Å². The summed E-state index contributed by atoms with van der Waals surface area (Å²) in [6.07, 6.45) is 0.704. The number of nitrogens with one attached hydrogen (secondary N) is 2. The fourth-order valence-corrected chi connectivity index (χ4v) is 2.03. The van der Waals surface area contributed by atoms with Gasteiger partial charge in [-0.1, -0.05) is 6.92 Å². The van der Waals surface area contributed by atoms with Gasteiger partial charge in [0.25, 0.3) is 11.5 Å². The van der Waals surface area contributed by atoms with Gasteiger partial charge in [-0.3, -0.25) is 14.4 Å². The minimum atomic E-state index is -0.613. The summed E-state index contributed by atoms with van der Waals surface area (Å²) in [7, 11) is 0. The second kappa shape index (κ2) is 7.49. The molecule has 0 unspecified atom stereocenters. The Bertz CT molecular complexity index is 832. The van der Waals surface area contributed by atoms with Gasteiger partial charge in [0.2, 0.25) is 5.91 Å². The molecule has 7 nitrogen and oxygen atoms in total. The molecular weight excluding hydrogens is 315 g/mol. The van der Waals surface area contributed by atoms with Gasteiger partial charge < -0.3 is 10.6 Å². The summed E-state index contributed by atoms with van der Waals surface area (Å²) < 4.78 is 14.8. The molecular formula is C16H17FN4O3. The SMILES string of the molecule is CCCn1nc(C(=O)Nc2ccc(F)c(NC(C)=O)c2)ccc1=O. The Morgan fingerprint density at radius 3 is 2.62 bits per heavy atom. The van der Waals surface area contributed by atoms with Crippen LogP contribution in [0.2, 0.25) is 0 Å². The second-order valence-corrected chi connectivity index (χ2v) is 5.11. The summed E-state index contributed by atoms with van der Waals surface area (Å²) in [6, 6.07) is 6.39. The highest BCUT2D eigenvalue weighted by Gasteiger charge is 2.12. The van der Waals surface area contributed by atoms with Gasteiger partial charge in [-0.25, -0.2) is 9.07 Å². The lowest BCUT2D eigenvalue weighted by Gasteiger charge is -2.09. The van der Waals surface area contributed by atoms with Crippen molar-refractivity contribution in [3.63, 3.8) is 0 Å². The fourth-order valence-electron chi connectivity index (χ4n) is 2.03. The van der Waals surface area contributed by atoms with E-state index in [2.05, 4.69) is 15.7 Å². The molecule has 0 bridgehead atoms. The normalized spacial score (nSPS) is 10.3. The summed E-state index contributed by atoms with van der Waals surface area (Å²) >= 11 is 0. The average molecular weight is 332 g/mol. The number of anilines is 2. The van der Waals surface area contributed by atoms with E-state index in [0.717, 1.165) is 6.07 Å². The molecule has 126 valence electrons. The standard InChI is InChI=1S/C16H17FN4O3/c1-3-8-21-15(23)7-6-13(20-21)16(24)19-11-4-5-12(17)14(9-11)18-10(2)22/h4-7,9H,3,8H2,1-2H3,(H,18,22)(H,19,24). The zero-order valence-electron chi connectivity index (χ0n) is 13.3. The van der Waals surface area contributed by atoms with Crippen LogP contribution in [0.1, 0.15) is 30.8 Å². The fraction of sp³-hybridized carbons (Fsp3) is 0.250. The Hall–Kier alpha value is -3.03. The molecule has 0 saturated heterocycles. The lowest BCUT2D eigenvalue weighted by atomic mass is 10.2. The Balaban J connectivity index is 2.22. The molecule has 2 amide bonds. The van der Waals surface area contributed by atoms with Gasteiger partial charge in [0.15, 0.2) is 0 Å². The molecule has 0 spiro atoms. The third kappa shape index (κ3) is 4.25. The van der Waals surface area contributed by atoms with Crippen LogP contribution in [0.25, 0.3) is 0 Å². The number of carbonyl (C=O) groups is 2. The van der Waals surface area contributed by atoms with Crippen molar-refractivity contribution in [3.8, 4) is 0 Å². The van der Waals surface area contributed by atoms with E-state index < -0.39 is 17.6 Å². The van der Waals surface area contributed by atoms with Gasteiger partial charge in [-0.2, -0.15) is 5.10 Å². The first-order valence-electron chi connectivity index (χ1n) is 7.37. The van der Waals surface area contributed by atoms with Gasteiger partial charge in [-0.15, -0.1) is 0 Å². The Kier molecular flexibility index (Phi) is 5.41. The molecule has 2 N–H and O–H groups in total. The van der Waals surface area contributed by atoms with E-state index in [4.69, 9.17) is 0 Å². The monoisotopic (exact) mass is 332 g/mol. The maximum Gasteiger partial charge on any atom is 0.276 e. The first-order valence-corrected chi connectivity index (χ1v) is 7.37. The van der Waals surface area contributed by atoms with Crippen molar-refractivity contribution in [1.29, 1.82) is 0 Å². The number of benzene rings is 1. The number of hydrogen-bond acceptors (Lipinski definition) is 4. The number of halogens is 1. The zero-order valence-corrected chi connectivity index (χ0v) is 13.3. The molecule has 1 heterocycles. The molecule has 0 aliphatic carbocycles. The third-order valence-corrected chi connectivity index (χ3v) is 3.07. The van der Waals surface area contributed by atoms with Gasteiger partial charge >= 0.3 is 0 Å². The van der Waals surface area contributed by atoms with Gasteiger partial charge in [0.05, 0.1) is 5.69 Å². The number of nitrogens with zero attached hydrogens (tertiary/aromatic N) is 2. The van der Waals surface area contributed by atoms with E-state index >= 15 is 0 Å². The summed E-state index contributed by atoms with van der Waals surface area (Å²) in [5, 5.41) is 8.88. The van der Waals surface area contributed by atoms with Crippen LogP contribution in [-0.2, 0) is 11.3 Å². The van der Waals surface area contributed by atoms with E-state index in [1.807, 2.05) is 6.92 Å². The topological polar surface area (TPSA) is 93.1 Å². The van der Waals surface area contributed by atoms with E-state index in [0.29, 0.717) is 18.7 Å². The van der Waals surface area contributed by atoms with Crippen LogP contribution in [0.3, 0.4) is 0 Å². The number of carbonyl (C=O) groups excluding carboxylic acids is 2. The predicted octanol–water partition coefficient (Wildman–Crippen LogP) is 2.00. The molecule has 0 radical (unpaired) electrons. The molecule has 0 aliphatic rings. The van der Waals surface area contributed by atoms with Crippen molar-refractivity contribution in [1.82, 2.24) is 9.78 Å². The van der Waals surface area contributed by atoms with Crippen LogP contribution in [0, 0.1) is 5.82 Å². The molecule has 2 rings (SSSR count). The van der Waals surface area contributed by atoms with Crippen LogP contribution >= 0.6 is 0 Å². The first-order chi connectivity index (χ1) is 11.4. The minimum Gasteiger partial charge on any atom is -0.324 e. The largest absolute Gasteiger partial charge is 0.324 e. The van der Waals surface area contributed by atoms with Crippen LogP contribution in [0.4, 0.5) is 15.8 Å². The molecule has 0 saturated carbocycles. The predicted molar refractivity (Wildman–Crippen MR) is 87.4 cm³/mol. The second-order valence-electron chi connectivity index (χ2n) is 5.11. The highest BCUT2D eigenvalue weighted by atomic mass is 19.1. The van der Waals surface area contributed by atoms with E-state index in [9.17, 15) is 18.8 Å². The number of amides is 2. The van der Waals surface area contributed by atoms with Crippen molar-refractivity contribution in [2.24, 2.45) is 0 Å². The number of rotatable bonds is 5. The van der Waals surface area contributed by atoms with E-state index in [-0.39, 0.29) is 16.9 Å². The lowest BCUT2D eigenvalue weighted by molar-refractivity contribution is -0.114. The van der Waals surface area contributed by atoms with Crippen molar-refractivity contribution < 1.29 is 14.0 Å². The van der Waals surface area contributed by atoms with Crippen LogP contribution < -0.4 is 16.2 Å². The van der Waals surface area contributed by atoms with E-state index in [1.54, 1.807) is 0 Å². The van der Waals surface area contributed by atoms with Gasteiger partial charge in [0.1, 0.15) is 11.5 Å². The van der Waals surface area contributed by atoms with Gasteiger partial charge in [0, 0.05) is 25.2 Å². The molecule has 24 heavy (non-hydrogen) atoms. The molecule has 0 fully saturated rings. The maximum atomic E-state index is 13.6. The summed E-state index contributed by atoms with van der Waals surface area (Å²) in [6.45, 7) is 3.55. The van der Waals surface area contributed by atoms with Crippen molar-refractivity contribution in [2.75, 3.05) is 10.6 Å². The molecule has 1 aromatic heterocycles. The number of aryl methyl sites for hydroxylation is 1. The van der Waals surface area contributed by atoms with Crippen molar-refractivity contribution >= 4 is 23.2 Å². The Morgan fingerprint density at radius 2 is 1.96 bits per heavy atom. The zero-order chi connectivity index (χ0) is 17.7. The van der Waals surface area contributed by atoms with Crippen LogP contribution in [0.5, 0.6) is 0 Å². The lowest BCUT2D eigenvalue weighted by Crippen LogP contribution is -2.26. The molecule has 0 atom stereocenters. The average Bonchev–Trinajstić information content (AvgIpc) is 2.52. The highest BCUT2D eigenvalue weighted by Crippen LogP contribution is 2.20. The maximum absolute atomic E-state index is 13.6. The third-order valence-electron chi connectivity index (χ3n) is 3.07. The van der Waals surface area contributed by atoms with E-state index in [1.165, 1.54) is 35.9 Å². The Labute approximate surface area is 137 Å².